The maximum atomic E-state index is 13.4. The van der Waals surface area contributed by atoms with E-state index in [1.165, 1.54) is 18.9 Å². The Labute approximate surface area is 95.3 Å². The van der Waals surface area contributed by atoms with Crippen LogP contribution in [0, 0.1) is 18.7 Å². The van der Waals surface area contributed by atoms with Crippen molar-refractivity contribution in [2.45, 2.75) is 38.6 Å². The molecule has 0 saturated heterocycles. The molecular weight excluding hydrogens is 205 g/mol. The van der Waals surface area contributed by atoms with Crippen LogP contribution in [0.1, 0.15) is 42.9 Å². The van der Waals surface area contributed by atoms with Gasteiger partial charge in [0.1, 0.15) is 0 Å². The van der Waals surface area contributed by atoms with Gasteiger partial charge < -0.3 is 10.8 Å². The number of hydrogen-bond donors (Lipinski definition) is 2. The third-order valence-corrected chi connectivity index (χ3v) is 3.50. The summed E-state index contributed by atoms with van der Waals surface area (Å²) in [5, 5.41) is 9.70. The number of hydrogen-bond acceptors (Lipinski definition) is 2. The Morgan fingerprint density at radius 3 is 2.62 bits per heavy atom. The first-order chi connectivity index (χ1) is 7.59. The van der Waals surface area contributed by atoms with E-state index in [4.69, 9.17) is 5.73 Å². The van der Waals surface area contributed by atoms with Crippen molar-refractivity contribution in [2.24, 2.45) is 11.7 Å². The van der Waals surface area contributed by atoms with Crippen molar-refractivity contribution in [3.63, 3.8) is 0 Å². The van der Waals surface area contributed by atoms with Gasteiger partial charge in [0.05, 0.1) is 0 Å². The van der Waals surface area contributed by atoms with Gasteiger partial charge >= 0.3 is 0 Å². The molecule has 1 aliphatic rings. The van der Waals surface area contributed by atoms with E-state index in [9.17, 15) is 9.50 Å². The van der Waals surface area contributed by atoms with Crippen molar-refractivity contribution in [1.29, 1.82) is 0 Å². The summed E-state index contributed by atoms with van der Waals surface area (Å²) in [7, 11) is 0. The van der Waals surface area contributed by atoms with Crippen LogP contribution in [0.2, 0.25) is 0 Å². The molecule has 0 aromatic heterocycles. The molecule has 1 fully saturated rings. The highest BCUT2D eigenvalue weighted by atomic mass is 19.1. The highest BCUT2D eigenvalue weighted by Crippen LogP contribution is 2.38. The normalized spacial score (nSPS) is 18.9. The zero-order chi connectivity index (χ0) is 11.7. The summed E-state index contributed by atoms with van der Waals surface area (Å²) in [6.45, 7) is 1.81. The lowest BCUT2D eigenvalue weighted by atomic mass is 9.91. The molecule has 0 amide bonds. The van der Waals surface area contributed by atoms with Crippen molar-refractivity contribution in [3.05, 3.63) is 29.1 Å². The van der Waals surface area contributed by atoms with Gasteiger partial charge in [-0.2, -0.15) is 0 Å². The van der Waals surface area contributed by atoms with Crippen LogP contribution in [0.25, 0.3) is 0 Å². The Morgan fingerprint density at radius 2 is 2.00 bits per heavy atom. The molecule has 0 unspecified atom stereocenters. The molecule has 1 aliphatic carbocycles. The van der Waals surface area contributed by atoms with Gasteiger partial charge in [-0.1, -0.05) is 18.9 Å². The van der Waals surface area contributed by atoms with E-state index < -0.39 is 5.82 Å². The number of rotatable bonds is 2. The van der Waals surface area contributed by atoms with Crippen LogP contribution in [-0.2, 0) is 0 Å². The lowest BCUT2D eigenvalue weighted by Gasteiger charge is -2.20. The fourth-order valence-electron chi connectivity index (χ4n) is 2.59. The molecule has 16 heavy (non-hydrogen) atoms. The predicted octanol–water partition coefficient (Wildman–Crippen LogP) is 3.03. The number of phenolic OH excluding ortho intramolecular Hbond substituents is 1. The fourth-order valence-corrected chi connectivity index (χ4v) is 2.59. The third kappa shape index (κ3) is 2.05. The molecule has 0 spiro atoms. The zero-order valence-corrected chi connectivity index (χ0v) is 9.54. The molecule has 2 rings (SSSR count). The molecular formula is C13H18FNO. The van der Waals surface area contributed by atoms with Crippen molar-refractivity contribution < 1.29 is 9.50 Å². The maximum absolute atomic E-state index is 13.4. The van der Waals surface area contributed by atoms with Gasteiger partial charge in [0.15, 0.2) is 11.6 Å². The molecule has 0 aliphatic heterocycles. The van der Waals surface area contributed by atoms with Crippen molar-refractivity contribution in [2.75, 3.05) is 0 Å². The minimum atomic E-state index is -0.566. The minimum absolute atomic E-state index is 0.239. The Morgan fingerprint density at radius 1 is 1.38 bits per heavy atom. The summed E-state index contributed by atoms with van der Waals surface area (Å²) < 4.78 is 13.4. The highest BCUT2D eigenvalue weighted by Gasteiger charge is 2.26. The quantitative estimate of drug-likeness (QED) is 0.809. The molecule has 1 saturated carbocycles. The average molecular weight is 223 g/mol. The van der Waals surface area contributed by atoms with Crippen LogP contribution in [0.4, 0.5) is 4.39 Å². The summed E-state index contributed by atoms with van der Waals surface area (Å²) in [5.41, 5.74) is 7.48. The van der Waals surface area contributed by atoms with Gasteiger partial charge in [0.2, 0.25) is 0 Å². The van der Waals surface area contributed by atoms with Gasteiger partial charge in [0.25, 0.3) is 0 Å². The number of benzene rings is 1. The van der Waals surface area contributed by atoms with E-state index in [-0.39, 0.29) is 11.8 Å². The molecule has 1 atom stereocenters. The van der Waals surface area contributed by atoms with Crippen LogP contribution in [0.5, 0.6) is 5.75 Å². The topological polar surface area (TPSA) is 46.2 Å². The smallest absolute Gasteiger partial charge is 0.165 e. The highest BCUT2D eigenvalue weighted by molar-refractivity contribution is 5.39. The van der Waals surface area contributed by atoms with E-state index >= 15 is 0 Å². The van der Waals surface area contributed by atoms with E-state index in [0.29, 0.717) is 11.5 Å². The molecule has 0 bridgehead atoms. The summed E-state index contributed by atoms with van der Waals surface area (Å²) in [6, 6.07) is 2.89. The van der Waals surface area contributed by atoms with E-state index in [1.54, 1.807) is 6.07 Å². The Bertz CT molecular complexity index is 386. The molecule has 0 heterocycles. The summed E-state index contributed by atoms with van der Waals surface area (Å²) in [5.74, 6) is -0.458. The third-order valence-electron chi connectivity index (χ3n) is 3.50. The maximum Gasteiger partial charge on any atom is 0.165 e. The van der Waals surface area contributed by atoms with Gasteiger partial charge in [-0.15, -0.1) is 0 Å². The first kappa shape index (κ1) is 11.4. The lowest BCUT2D eigenvalue weighted by Crippen LogP contribution is -2.19. The molecule has 3 heteroatoms. The summed E-state index contributed by atoms with van der Waals surface area (Å²) >= 11 is 0. The first-order valence-electron chi connectivity index (χ1n) is 5.84. The second-order valence-electron chi connectivity index (χ2n) is 4.75. The summed E-state index contributed by atoms with van der Waals surface area (Å²) in [4.78, 5) is 0. The van der Waals surface area contributed by atoms with Crippen molar-refractivity contribution >= 4 is 0 Å². The molecule has 0 radical (unpaired) electrons. The second-order valence-corrected chi connectivity index (χ2v) is 4.75. The predicted molar refractivity (Wildman–Crippen MR) is 61.7 cm³/mol. The van der Waals surface area contributed by atoms with Gasteiger partial charge in [-0.3, -0.25) is 0 Å². The number of phenols is 1. The minimum Gasteiger partial charge on any atom is -0.505 e. The Hall–Kier alpha value is -1.09. The molecule has 1 aromatic carbocycles. The van der Waals surface area contributed by atoms with Crippen LogP contribution >= 0.6 is 0 Å². The van der Waals surface area contributed by atoms with Crippen molar-refractivity contribution in [1.82, 2.24) is 0 Å². The molecule has 88 valence electrons. The van der Waals surface area contributed by atoms with E-state index in [1.807, 2.05) is 6.92 Å². The standard InChI is InChI=1S/C13H18FNO/c1-8-6-10(13(16)11(14)7-8)12(15)9-4-2-3-5-9/h6-7,9,12,16H,2-5,15H2,1H3/t12-/m0/s1. The lowest BCUT2D eigenvalue weighted by molar-refractivity contribution is 0.391. The van der Waals surface area contributed by atoms with Crippen LogP contribution < -0.4 is 5.73 Å². The number of nitrogens with two attached hydrogens (primary N) is 1. The van der Waals surface area contributed by atoms with E-state index in [2.05, 4.69) is 0 Å². The van der Waals surface area contributed by atoms with Gasteiger partial charge in [-0.05, 0) is 37.3 Å². The average Bonchev–Trinajstić information content (AvgIpc) is 2.75. The molecule has 3 N–H and O–H groups in total. The molecule has 1 aromatic rings. The van der Waals surface area contributed by atoms with Crippen LogP contribution in [0.3, 0.4) is 0 Å². The van der Waals surface area contributed by atoms with Crippen LogP contribution in [-0.4, -0.2) is 5.11 Å². The summed E-state index contributed by atoms with van der Waals surface area (Å²) in [6.07, 6.45) is 4.53. The number of halogens is 1. The van der Waals surface area contributed by atoms with Gasteiger partial charge in [-0.25, -0.2) is 4.39 Å². The van der Waals surface area contributed by atoms with Gasteiger partial charge in [0, 0.05) is 11.6 Å². The molecule has 2 nitrogen and oxygen atoms in total. The number of aromatic hydroxyl groups is 1. The second kappa shape index (κ2) is 4.42. The van der Waals surface area contributed by atoms with Crippen molar-refractivity contribution in [3.8, 4) is 5.75 Å². The fraction of sp³-hybridized carbons (Fsp3) is 0.538. The Balaban J connectivity index is 2.31. The number of aryl methyl sites for hydroxylation is 1. The Kier molecular flexibility index (Phi) is 3.15. The largest absolute Gasteiger partial charge is 0.505 e. The first-order valence-corrected chi connectivity index (χ1v) is 5.84. The zero-order valence-electron chi connectivity index (χ0n) is 9.54. The monoisotopic (exact) mass is 223 g/mol. The van der Waals surface area contributed by atoms with E-state index in [0.717, 1.165) is 18.4 Å². The van der Waals surface area contributed by atoms with Crippen LogP contribution in [0.15, 0.2) is 12.1 Å². The SMILES string of the molecule is Cc1cc(F)c(O)c([C@@H](N)C2CCCC2)c1.